The summed E-state index contributed by atoms with van der Waals surface area (Å²) < 4.78 is 0. The van der Waals surface area contributed by atoms with Gasteiger partial charge in [-0.15, -0.1) is 0 Å². The van der Waals surface area contributed by atoms with E-state index >= 15 is 0 Å². The molecule has 3 unspecified atom stereocenters. The topological polar surface area (TPSA) is 0 Å². The largest absolute Gasteiger partial charge is 0.0845 e. The minimum Gasteiger partial charge on any atom is -0.0845 e. The van der Waals surface area contributed by atoms with Gasteiger partial charge in [-0.05, 0) is 97.7 Å². The summed E-state index contributed by atoms with van der Waals surface area (Å²) >= 11 is 0. The Morgan fingerprint density at radius 3 is 2.36 bits per heavy atom. The molecule has 4 aliphatic rings. The van der Waals surface area contributed by atoms with Crippen molar-refractivity contribution < 1.29 is 0 Å². The molecule has 0 saturated heterocycles. The van der Waals surface area contributed by atoms with Crippen molar-refractivity contribution in [2.45, 2.75) is 119 Å². The Labute approximate surface area is 177 Å². The summed E-state index contributed by atoms with van der Waals surface area (Å²) in [5.41, 5.74) is 3.11. The van der Waals surface area contributed by atoms with Crippen molar-refractivity contribution in [1.82, 2.24) is 0 Å². The van der Waals surface area contributed by atoms with Gasteiger partial charge in [0.1, 0.15) is 0 Å². The molecule has 0 aliphatic heterocycles. The summed E-state index contributed by atoms with van der Waals surface area (Å²) in [6.07, 6.45) is 18.7. The quantitative estimate of drug-likeness (QED) is 0.424. The van der Waals surface area contributed by atoms with Gasteiger partial charge >= 0.3 is 0 Å². The Balaban J connectivity index is 0.000000330. The molecule has 0 radical (unpaired) electrons. The molecule has 0 bridgehead atoms. The van der Waals surface area contributed by atoms with Crippen LogP contribution in [-0.4, -0.2) is 0 Å². The lowest BCUT2D eigenvalue weighted by Crippen LogP contribution is -2.49. The van der Waals surface area contributed by atoms with Crippen LogP contribution in [0.1, 0.15) is 119 Å². The number of rotatable bonds is 3. The number of hydrogen-bond donors (Lipinski definition) is 0. The van der Waals surface area contributed by atoms with Gasteiger partial charge in [0, 0.05) is 0 Å². The van der Waals surface area contributed by atoms with E-state index in [1.165, 1.54) is 70.6 Å². The van der Waals surface area contributed by atoms with Crippen LogP contribution >= 0.6 is 0 Å². The standard InChI is InChI=1S/C22H36.C6H14/c1-5-16-7-9-19-18-8-6-17-14-15(2)10-12-22(17,4)20(18)11-13-21(16,19)3;1-4-5-6(2)3/h6,15-16,18-20H,5,7-14H2,1-4H3;6H,4-5H2,1-3H3/t15-,16-,18?,19?,20?,21+,22-;/m0./s1. The molecule has 3 saturated carbocycles. The summed E-state index contributed by atoms with van der Waals surface area (Å²) in [4.78, 5) is 0. The van der Waals surface area contributed by atoms with Gasteiger partial charge in [-0.3, -0.25) is 0 Å². The molecule has 0 spiro atoms. The highest BCUT2D eigenvalue weighted by atomic mass is 14.6. The first-order chi connectivity index (χ1) is 13.3. The van der Waals surface area contributed by atoms with E-state index in [-0.39, 0.29) is 0 Å². The number of fused-ring (bicyclic) bond motifs is 5. The Morgan fingerprint density at radius 1 is 1.00 bits per heavy atom. The molecule has 0 heterocycles. The van der Waals surface area contributed by atoms with E-state index < -0.39 is 0 Å². The highest BCUT2D eigenvalue weighted by molar-refractivity contribution is 5.24. The van der Waals surface area contributed by atoms with Gasteiger partial charge in [-0.1, -0.05) is 79.4 Å². The zero-order chi connectivity index (χ0) is 20.5. The van der Waals surface area contributed by atoms with Crippen molar-refractivity contribution in [1.29, 1.82) is 0 Å². The molecule has 0 N–H and O–H groups in total. The predicted octanol–water partition coefficient (Wildman–Crippen LogP) is 9.05. The molecule has 0 amide bonds. The first kappa shape index (κ1) is 22.4. The Bertz CT molecular complexity index is 542. The maximum atomic E-state index is 2.72. The van der Waals surface area contributed by atoms with Crippen LogP contribution in [0.3, 0.4) is 0 Å². The van der Waals surface area contributed by atoms with E-state index in [1.807, 2.05) is 5.57 Å². The second-order valence-electron chi connectivity index (χ2n) is 12.0. The zero-order valence-corrected chi connectivity index (χ0v) is 20.3. The van der Waals surface area contributed by atoms with Crippen LogP contribution in [0.15, 0.2) is 11.6 Å². The lowest BCUT2D eigenvalue weighted by Gasteiger charge is -2.58. The molecule has 3 fully saturated rings. The van der Waals surface area contributed by atoms with Crippen LogP contribution in [0.5, 0.6) is 0 Å². The molecule has 7 atom stereocenters. The number of hydrogen-bond acceptors (Lipinski definition) is 0. The van der Waals surface area contributed by atoms with Crippen molar-refractivity contribution in [3.63, 3.8) is 0 Å². The van der Waals surface area contributed by atoms with E-state index in [1.54, 1.807) is 0 Å². The molecule has 0 heteroatoms. The molecule has 0 aromatic rings. The van der Waals surface area contributed by atoms with Crippen LogP contribution in [-0.2, 0) is 0 Å². The van der Waals surface area contributed by atoms with Gasteiger partial charge in [0.15, 0.2) is 0 Å². The van der Waals surface area contributed by atoms with Gasteiger partial charge in [0.2, 0.25) is 0 Å². The normalized spacial score (nSPS) is 44.7. The average Bonchev–Trinajstić information content (AvgIpc) is 2.99. The van der Waals surface area contributed by atoms with E-state index in [0.717, 1.165) is 35.5 Å². The monoisotopic (exact) mass is 386 g/mol. The second kappa shape index (κ2) is 8.85. The van der Waals surface area contributed by atoms with Crippen LogP contribution < -0.4 is 0 Å². The maximum absolute atomic E-state index is 2.72. The molecular formula is C28H50. The zero-order valence-electron chi connectivity index (χ0n) is 20.3. The van der Waals surface area contributed by atoms with Crippen molar-refractivity contribution in [3.05, 3.63) is 11.6 Å². The summed E-state index contributed by atoms with van der Waals surface area (Å²) in [7, 11) is 0. The minimum absolute atomic E-state index is 0.570. The third kappa shape index (κ3) is 4.00. The van der Waals surface area contributed by atoms with Gasteiger partial charge in [-0.2, -0.15) is 0 Å². The van der Waals surface area contributed by atoms with Gasteiger partial charge in [0.25, 0.3) is 0 Å². The fourth-order valence-electron chi connectivity index (χ4n) is 8.20. The SMILES string of the molecule is CCCC(C)C.CC[C@H]1CCC2C3CC=C4C[C@@H](C)CC[C@]4(C)C3CC[C@@]21C. The third-order valence-electron chi connectivity index (χ3n) is 9.91. The fourth-order valence-corrected chi connectivity index (χ4v) is 8.20. The molecule has 0 aromatic carbocycles. The van der Waals surface area contributed by atoms with Crippen LogP contribution in [0, 0.1) is 46.3 Å². The van der Waals surface area contributed by atoms with Crippen LogP contribution in [0.2, 0.25) is 0 Å². The minimum atomic E-state index is 0.570. The van der Waals surface area contributed by atoms with Crippen LogP contribution in [0.25, 0.3) is 0 Å². The van der Waals surface area contributed by atoms with Crippen molar-refractivity contribution in [2.75, 3.05) is 0 Å². The summed E-state index contributed by atoms with van der Waals surface area (Å²) in [5, 5.41) is 0. The van der Waals surface area contributed by atoms with E-state index in [0.29, 0.717) is 10.8 Å². The van der Waals surface area contributed by atoms with E-state index in [9.17, 15) is 0 Å². The smallest absolute Gasteiger partial charge is 0.00851 e. The molecule has 162 valence electrons. The maximum Gasteiger partial charge on any atom is -0.00851 e. The fraction of sp³-hybridized carbons (Fsp3) is 0.929. The highest BCUT2D eigenvalue weighted by Crippen LogP contribution is 2.66. The van der Waals surface area contributed by atoms with Crippen LogP contribution in [0.4, 0.5) is 0 Å². The molecular weight excluding hydrogens is 336 g/mol. The summed E-state index contributed by atoms with van der Waals surface area (Å²) in [6.45, 7) is 16.9. The Kier molecular flexibility index (Phi) is 7.09. The highest BCUT2D eigenvalue weighted by Gasteiger charge is 2.57. The molecule has 28 heavy (non-hydrogen) atoms. The van der Waals surface area contributed by atoms with Gasteiger partial charge in [0.05, 0.1) is 0 Å². The van der Waals surface area contributed by atoms with E-state index in [4.69, 9.17) is 0 Å². The van der Waals surface area contributed by atoms with Crippen molar-refractivity contribution >= 4 is 0 Å². The molecule has 0 aromatic heterocycles. The summed E-state index contributed by atoms with van der Waals surface area (Å²) in [6, 6.07) is 0. The van der Waals surface area contributed by atoms with Gasteiger partial charge < -0.3 is 0 Å². The Hall–Kier alpha value is -0.260. The van der Waals surface area contributed by atoms with E-state index in [2.05, 4.69) is 54.5 Å². The molecule has 4 rings (SSSR count). The third-order valence-corrected chi connectivity index (χ3v) is 9.91. The predicted molar refractivity (Wildman–Crippen MR) is 124 cm³/mol. The van der Waals surface area contributed by atoms with Crippen molar-refractivity contribution in [2.24, 2.45) is 46.3 Å². The lowest BCUT2D eigenvalue weighted by atomic mass is 9.47. The lowest BCUT2D eigenvalue weighted by molar-refractivity contribution is -0.0441. The first-order valence-electron chi connectivity index (χ1n) is 13.0. The first-order valence-corrected chi connectivity index (χ1v) is 13.0. The molecule has 4 aliphatic carbocycles. The van der Waals surface area contributed by atoms with Gasteiger partial charge in [-0.25, -0.2) is 0 Å². The second-order valence-corrected chi connectivity index (χ2v) is 12.0. The Morgan fingerprint density at radius 2 is 1.75 bits per heavy atom. The molecule has 0 nitrogen and oxygen atoms in total. The number of allylic oxidation sites excluding steroid dienone is 2. The average molecular weight is 387 g/mol. The van der Waals surface area contributed by atoms with Crippen molar-refractivity contribution in [3.8, 4) is 0 Å². The summed E-state index contributed by atoms with van der Waals surface area (Å²) in [5.74, 6) is 5.90.